The number of hydrogen-bond acceptors (Lipinski definition) is 3. The average molecular weight is 367 g/mol. The fraction of sp³-hybridized carbons (Fsp3) is 0.304. The lowest BCUT2D eigenvalue weighted by Gasteiger charge is -2.17. The van der Waals surface area contributed by atoms with Crippen LogP contribution in [0, 0.1) is 6.92 Å². The molecule has 2 nitrogen and oxygen atoms in total. The molecular formula is C23H26O2S. The third-order valence-corrected chi connectivity index (χ3v) is 5.39. The molecule has 3 rings (SSSR count). The lowest BCUT2D eigenvalue weighted by Crippen LogP contribution is -2.07. The number of hydrogen-bond donors (Lipinski definition) is 0. The first-order valence-electron chi connectivity index (χ1n) is 8.91. The van der Waals surface area contributed by atoms with Crippen molar-refractivity contribution >= 4 is 11.8 Å². The van der Waals surface area contributed by atoms with Gasteiger partial charge < -0.3 is 9.15 Å². The van der Waals surface area contributed by atoms with Gasteiger partial charge in [0.05, 0.1) is 0 Å². The second-order valence-electron chi connectivity index (χ2n) is 7.40. The second-order valence-corrected chi connectivity index (χ2v) is 9.20. The monoisotopic (exact) mass is 366 g/mol. The van der Waals surface area contributed by atoms with Gasteiger partial charge in [0.2, 0.25) is 0 Å². The number of aryl methyl sites for hydroxylation is 1. The van der Waals surface area contributed by atoms with Crippen molar-refractivity contribution in [3.8, 4) is 17.1 Å². The molecule has 0 aliphatic rings. The van der Waals surface area contributed by atoms with Gasteiger partial charge in [-0.3, -0.25) is 0 Å². The van der Waals surface area contributed by atoms with Crippen LogP contribution in [0.2, 0.25) is 0 Å². The number of thioether (sulfide) groups is 1. The van der Waals surface area contributed by atoms with Crippen LogP contribution >= 0.6 is 11.8 Å². The lowest BCUT2D eigenvalue weighted by atomic mass is 10.1. The van der Waals surface area contributed by atoms with E-state index in [0.717, 1.165) is 34.1 Å². The Kier molecular flexibility index (Phi) is 5.77. The van der Waals surface area contributed by atoms with Crippen LogP contribution in [-0.2, 0) is 12.4 Å². The topological polar surface area (TPSA) is 22.4 Å². The van der Waals surface area contributed by atoms with Gasteiger partial charge in [-0.2, -0.15) is 11.8 Å². The highest BCUT2D eigenvalue weighted by atomic mass is 32.2. The molecule has 0 radical (unpaired) electrons. The molecule has 0 spiro atoms. The standard InChI is InChI=1S/C23H26O2S/c1-17-20(14-22(25-17)19-10-6-5-7-11-19)15-24-21-12-8-9-18(13-21)16-26-23(2,3)4/h5-14H,15-16H2,1-4H3. The Morgan fingerprint density at radius 1 is 0.962 bits per heavy atom. The van der Waals surface area contributed by atoms with E-state index in [1.165, 1.54) is 5.56 Å². The summed E-state index contributed by atoms with van der Waals surface area (Å²) in [5.41, 5.74) is 3.46. The summed E-state index contributed by atoms with van der Waals surface area (Å²) in [7, 11) is 0. The highest BCUT2D eigenvalue weighted by Crippen LogP contribution is 2.29. The molecule has 0 aliphatic carbocycles. The fourth-order valence-corrected chi connectivity index (χ4v) is 3.37. The molecule has 2 aromatic carbocycles. The van der Waals surface area contributed by atoms with E-state index in [9.17, 15) is 0 Å². The van der Waals surface area contributed by atoms with Crippen molar-refractivity contribution in [3.63, 3.8) is 0 Å². The summed E-state index contributed by atoms with van der Waals surface area (Å²) in [4.78, 5) is 0. The predicted octanol–water partition coefficient (Wildman–Crippen LogP) is 6.87. The first kappa shape index (κ1) is 18.7. The zero-order valence-electron chi connectivity index (χ0n) is 15.9. The maximum absolute atomic E-state index is 6.03. The SMILES string of the molecule is Cc1oc(-c2ccccc2)cc1COc1cccc(CSC(C)(C)C)c1. The Hall–Kier alpha value is -2.13. The van der Waals surface area contributed by atoms with Crippen molar-refractivity contribution < 1.29 is 9.15 Å². The average Bonchev–Trinajstić information content (AvgIpc) is 3.00. The van der Waals surface area contributed by atoms with E-state index in [1.54, 1.807) is 0 Å². The Morgan fingerprint density at radius 3 is 2.46 bits per heavy atom. The molecule has 0 unspecified atom stereocenters. The van der Waals surface area contributed by atoms with E-state index < -0.39 is 0 Å². The third-order valence-electron chi connectivity index (χ3n) is 4.04. The van der Waals surface area contributed by atoms with Crippen molar-refractivity contribution in [2.45, 2.75) is 44.8 Å². The van der Waals surface area contributed by atoms with Crippen LogP contribution in [-0.4, -0.2) is 4.75 Å². The first-order chi connectivity index (χ1) is 12.4. The molecule has 0 bridgehead atoms. The molecule has 0 fully saturated rings. The lowest BCUT2D eigenvalue weighted by molar-refractivity contribution is 0.303. The molecule has 0 N–H and O–H groups in total. The summed E-state index contributed by atoms with van der Waals surface area (Å²) in [6, 6.07) is 20.6. The van der Waals surface area contributed by atoms with Crippen molar-refractivity contribution in [3.05, 3.63) is 77.6 Å². The molecule has 136 valence electrons. The Balaban J connectivity index is 1.65. The maximum Gasteiger partial charge on any atom is 0.134 e. The molecular weight excluding hydrogens is 340 g/mol. The van der Waals surface area contributed by atoms with E-state index in [4.69, 9.17) is 9.15 Å². The van der Waals surface area contributed by atoms with Crippen LogP contribution in [0.3, 0.4) is 0 Å². The van der Waals surface area contributed by atoms with Crippen LogP contribution in [0.1, 0.15) is 37.7 Å². The summed E-state index contributed by atoms with van der Waals surface area (Å²) in [6.45, 7) is 9.22. The quantitative estimate of drug-likeness (QED) is 0.475. The van der Waals surface area contributed by atoms with Crippen molar-refractivity contribution in [1.29, 1.82) is 0 Å². The largest absolute Gasteiger partial charge is 0.489 e. The van der Waals surface area contributed by atoms with Crippen LogP contribution in [0.5, 0.6) is 5.75 Å². The molecule has 0 amide bonds. The summed E-state index contributed by atoms with van der Waals surface area (Å²) >= 11 is 1.94. The first-order valence-corrected chi connectivity index (χ1v) is 9.90. The minimum atomic E-state index is 0.263. The summed E-state index contributed by atoms with van der Waals surface area (Å²) in [5.74, 6) is 3.68. The molecule has 3 heteroatoms. The molecule has 3 aromatic rings. The molecule has 0 saturated heterocycles. The van der Waals surface area contributed by atoms with Gasteiger partial charge in [-0.15, -0.1) is 0 Å². The van der Waals surface area contributed by atoms with Crippen LogP contribution in [0.4, 0.5) is 0 Å². The highest BCUT2D eigenvalue weighted by molar-refractivity contribution is 7.99. The van der Waals surface area contributed by atoms with Crippen LogP contribution in [0.15, 0.2) is 65.1 Å². The molecule has 1 aromatic heterocycles. The number of ether oxygens (including phenoxy) is 1. The van der Waals surface area contributed by atoms with E-state index in [2.05, 4.69) is 57.2 Å². The fourth-order valence-electron chi connectivity index (χ4n) is 2.59. The van der Waals surface area contributed by atoms with E-state index in [0.29, 0.717) is 6.61 Å². The molecule has 1 heterocycles. The zero-order chi connectivity index (χ0) is 18.6. The molecule has 0 saturated carbocycles. The summed E-state index contributed by atoms with van der Waals surface area (Å²) in [5, 5.41) is 0. The number of furan rings is 1. The van der Waals surface area contributed by atoms with Crippen LogP contribution in [0.25, 0.3) is 11.3 Å². The number of benzene rings is 2. The maximum atomic E-state index is 6.03. The smallest absolute Gasteiger partial charge is 0.134 e. The molecule has 26 heavy (non-hydrogen) atoms. The third kappa shape index (κ3) is 5.18. The summed E-state index contributed by atoms with van der Waals surface area (Å²) < 4.78 is 12.2. The minimum Gasteiger partial charge on any atom is -0.489 e. The van der Waals surface area contributed by atoms with Gasteiger partial charge in [0.1, 0.15) is 23.9 Å². The van der Waals surface area contributed by atoms with Crippen molar-refractivity contribution in [2.75, 3.05) is 0 Å². The molecule has 0 atom stereocenters. The van der Waals surface area contributed by atoms with Gasteiger partial charge in [-0.25, -0.2) is 0 Å². The normalized spacial score (nSPS) is 11.5. The van der Waals surface area contributed by atoms with Gasteiger partial charge in [-0.05, 0) is 30.7 Å². The highest BCUT2D eigenvalue weighted by Gasteiger charge is 2.12. The van der Waals surface area contributed by atoms with E-state index in [-0.39, 0.29) is 4.75 Å². The Bertz CT molecular complexity index is 844. The van der Waals surface area contributed by atoms with Gasteiger partial charge in [0.25, 0.3) is 0 Å². The van der Waals surface area contributed by atoms with Crippen molar-refractivity contribution in [1.82, 2.24) is 0 Å². The second kappa shape index (κ2) is 8.05. The van der Waals surface area contributed by atoms with Crippen LogP contribution < -0.4 is 4.74 Å². The zero-order valence-corrected chi connectivity index (χ0v) is 16.7. The van der Waals surface area contributed by atoms with Gasteiger partial charge in [0, 0.05) is 21.6 Å². The minimum absolute atomic E-state index is 0.263. The number of rotatable bonds is 6. The molecule has 0 aliphatic heterocycles. The Morgan fingerprint density at radius 2 is 1.73 bits per heavy atom. The van der Waals surface area contributed by atoms with Gasteiger partial charge in [-0.1, -0.05) is 63.2 Å². The summed E-state index contributed by atoms with van der Waals surface area (Å²) in [6.07, 6.45) is 0. The van der Waals surface area contributed by atoms with Gasteiger partial charge >= 0.3 is 0 Å². The van der Waals surface area contributed by atoms with Gasteiger partial charge in [0.15, 0.2) is 0 Å². The Labute approximate surface area is 160 Å². The van der Waals surface area contributed by atoms with E-state index >= 15 is 0 Å². The van der Waals surface area contributed by atoms with E-state index in [1.807, 2.05) is 43.0 Å². The predicted molar refractivity (Wildman–Crippen MR) is 111 cm³/mol. The van der Waals surface area contributed by atoms with Crippen molar-refractivity contribution in [2.24, 2.45) is 0 Å².